The van der Waals surface area contributed by atoms with Crippen molar-refractivity contribution in [3.8, 4) is 0 Å². The summed E-state index contributed by atoms with van der Waals surface area (Å²) in [6.07, 6.45) is 2.03. The summed E-state index contributed by atoms with van der Waals surface area (Å²) in [5.74, 6) is -1.74. The van der Waals surface area contributed by atoms with Crippen molar-refractivity contribution in [2.24, 2.45) is 0 Å². The Morgan fingerprint density at radius 3 is 2.04 bits per heavy atom. The lowest BCUT2D eigenvalue weighted by atomic mass is 10.1. The van der Waals surface area contributed by atoms with Crippen LogP contribution in [0.4, 0.5) is 0 Å². The predicted octanol–water partition coefficient (Wildman–Crippen LogP) is -0.907. The van der Waals surface area contributed by atoms with E-state index in [1.54, 1.807) is 0 Å². The van der Waals surface area contributed by atoms with Crippen LogP contribution in [0.15, 0.2) is 0 Å². The van der Waals surface area contributed by atoms with E-state index in [0.29, 0.717) is 38.8 Å². The van der Waals surface area contributed by atoms with Crippen LogP contribution in [0.1, 0.15) is 32.1 Å². The van der Waals surface area contributed by atoms with Crippen LogP contribution in [0.3, 0.4) is 0 Å². The molecule has 0 aliphatic carbocycles. The van der Waals surface area contributed by atoms with E-state index in [2.05, 4.69) is 4.74 Å². The van der Waals surface area contributed by atoms with Gasteiger partial charge in [-0.25, -0.2) is 4.79 Å². The van der Waals surface area contributed by atoms with Crippen molar-refractivity contribution in [3.05, 3.63) is 0 Å². The number of rotatable bonds is 5. The maximum atomic E-state index is 12.3. The first kappa shape index (κ1) is 17.4. The molecule has 2 unspecified atom stereocenters. The molecular formula is C15H22N2O6. The minimum Gasteiger partial charge on any atom is -0.467 e. The average molecular weight is 326 g/mol. The van der Waals surface area contributed by atoms with Crippen molar-refractivity contribution < 1.29 is 29.0 Å². The van der Waals surface area contributed by atoms with Crippen molar-refractivity contribution in [2.45, 2.75) is 44.2 Å². The highest BCUT2D eigenvalue weighted by molar-refractivity contribution is 6.00. The summed E-state index contributed by atoms with van der Waals surface area (Å²) < 4.78 is 4.68. The number of hydrogen-bond acceptors (Lipinski definition) is 6. The fourth-order valence-electron chi connectivity index (χ4n) is 3.28. The molecule has 1 N–H and O–H groups in total. The highest BCUT2D eigenvalue weighted by Gasteiger charge is 2.38. The molecule has 2 rings (SSSR count). The first-order valence-electron chi connectivity index (χ1n) is 7.80. The van der Waals surface area contributed by atoms with Gasteiger partial charge >= 0.3 is 5.97 Å². The second-order valence-electron chi connectivity index (χ2n) is 5.81. The number of methoxy groups -OCH3 is 1. The van der Waals surface area contributed by atoms with E-state index in [1.165, 1.54) is 16.9 Å². The summed E-state index contributed by atoms with van der Waals surface area (Å²) >= 11 is 0. The molecule has 8 nitrogen and oxygen atoms in total. The van der Waals surface area contributed by atoms with Crippen molar-refractivity contribution >= 4 is 23.6 Å². The zero-order chi connectivity index (χ0) is 17.0. The van der Waals surface area contributed by atoms with Gasteiger partial charge in [-0.15, -0.1) is 0 Å². The van der Waals surface area contributed by atoms with Gasteiger partial charge < -0.3 is 19.6 Å². The van der Waals surface area contributed by atoms with Crippen LogP contribution in [-0.4, -0.2) is 77.4 Å². The molecule has 0 saturated carbocycles. The van der Waals surface area contributed by atoms with Crippen LogP contribution >= 0.6 is 0 Å². The Bertz CT molecular complexity index is 462. The Morgan fingerprint density at radius 1 is 1.00 bits per heavy atom. The number of carbonyl (C=O) groups is 4. The molecule has 2 amide bonds. The van der Waals surface area contributed by atoms with Gasteiger partial charge in [-0.2, -0.15) is 0 Å². The van der Waals surface area contributed by atoms with E-state index in [0.717, 1.165) is 0 Å². The van der Waals surface area contributed by atoms with E-state index < -0.39 is 42.3 Å². The molecule has 0 aromatic rings. The molecular weight excluding hydrogens is 304 g/mol. The van der Waals surface area contributed by atoms with E-state index >= 15 is 0 Å². The van der Waals surface area contributed by atoms with Crippen molar-refractivity contribution in [3.63, 3.8) is 0 Å². The van der Waals surface area contributed by atoms with Gasteiger partial charge in [0.2, 0.25) is 11.8 Å². The maximum absolute atomic E-state index is 12.3. The molecule has 23 heavy (non-hydrogen) atoms. The predicted molar refractivity (Wildman–Crippen MR) is 78.2 cm³/mol. The van der Waals surface area contributed by atoms with Crippen LogP contribution in [-0.2, 0) is 23.9 Å². The van der Waals surface area contributed by atoms with Crippen LogP contribution in [0.25, 0.3) is 0 Å². The van der Waals surface area contributed by atoms with Gasteiger partial charge in [0.1, 0.15) is 19.1 Å². The van der Waals surface area contributed by atoms with Gasteiger partial charge in [0.25, 0.3) is 0 Å². The fraction of sp³-hybridized carbons (Fsp3) is 0.733. The summed E-state index contributed by atoms with van der Waals surface area (Å²) in [6, 6.07) is -1.27. The molecule has 0 bridgehead atoms. The highest BCUT2D eigenvalue weighted by atomic mass is 16.5. The summed E-state index contributed by atoms with van der Waals surface area (Å²) in [7, 11) is 1.27. The first-order chi connectivity index (χ1) is 11.0. The van der Waals surface area contributed by atoms with E-state index in [4.69, 9.17) is 5.11 Å². The zero-order valence-electron chi connectivity index (χ0n) is 13.2. The first-order valence-corrected chi connectivity index (χ1v) is 7.80. The second kappa shape index (κ2) is 7.54. The summed E-state index contributed by atoms with van der Waals surface area (Å²) in [6.45, 7) is 0.215. The molecule has 0 spiro atoms. The number of carbonyl (C=O) groups excluding carboxylic acids is 4. The molecule has 0 aromatic heterocycles. The van der Waals surface area contributed by atoms with Crippen LogP contribution in [0, 0.1) is 0 Å². The lowest BCUT2D eigenvalue weighted by Crippen LogP contribution is -2.46. The van der Waals surface area contributed by atoms with Crippen molar-refractivity contribution in [1.82, 2.24) is 9.80 Å². The topological polar surface area (TPSA) is 104 Å². The monoisotopic (exact) mass is 326 g/mol. The van der Waals surface area contributed by atoms with E-state index in [1.807, 2.05) is 0 Å². The lowest BCUT2D eigenvalue weighted by molar-refractivity contribution is -0.153. The van der Waals surface area contributed by atoms with Gasteiger partial charge in [0, 0.05) is 13.1 Å². The number of likely N-dealkylation sites (tertiary alicyclic amines) is 2. The number of aliphatic hydroxyl groups is 1. The molecule has 2 fully saturated rings. The Hall–Kier alpha value is -1.96. The number of hydrogen-bond donors (Lipinski definition) is 1. The highest BCUT2D eigenvalue weighted by Crippen LogP contribution is 2.22. The number of nitrogens with zero attached hydrogens (tertiary/aromatic N) is 2. The third-order valence-electron chi connectivity index (χ3n) is 4.45. The third kappa shape index (κ3) is 3.69. The Kier molecular flexibility index (Phi) is 5.70. The summed E-state index contributed by atoms with van der Waals surface area (Å²) in [4.78, 5) is 50.7. The Morgan fingerprint density at radius 2 is 1.52 bits per heavy atom. The second-order valence-corrected chi connectivity index (χ2v) is 5.81. The van der Waals surface area contributed by atoms with Crippen LogP contribution in [0.5, 0.6) is 0 Å². The molecule has 2 aliphatic heterocycles. The maximum Gasteiger partial charge on any atom is 0.328 e. The number of aliphatic hydroxyl groups excluding tert-OH is 1. The minimum atomic E-state index is -0.643. The molecule has 2 aliphatic rings. The fourth-order valence-corrected chi connectivity index (χ4v) is 3.28. The smallest absolute Gasteiger partial charge is 0.328 e. The molecule has 0 aromatic carbocycles. The quantitative estimate of drug-likeness (QED) is 0.518. The zero-order valence-corrected chi connectivity index (χ0v) is 13.2. The number of Topliss-reactive ketones (excluding diaryl/α,β-unsaturated/α-hetero) is 1. The van der Waals surface area contributed by atoms with Crippen molar-refractivity contribution in [2.75, 3.05) is 26.8 Å². The number of ether oxygens (including phenoxy) is 1. The normalized spacial score (nSPS) is 23.9. The largest absolute Gasteiger partial charge is 0.467 e. The number of ketones is 1. The molecule has 8 heteroatoms. The molecule has 2 heterocycles. The summed E-state index contributed by atoms with van der Waals surface area (Å²) in [5, 5.41) is 8.96. The standard InChI is InChI=1S/C15H22N2O6/c1-23-15(22)11-5-3-7-17(11)14(21)8-13(20)16-6-2-4-10(16)12(19)9-18/h10-11,18H,2-9H2,1H3. The van der Waals surface area contributed by atoms with Gasteiger partial charge in [-0.1, -0.05) is 0 Å². The SMILES string of the molecule is COC(=O)C1CCCN1C(=O)CC(=O)N1CCCC1C(=O)CO. The van der Waals surface area contributed by atoms with Gasteiger partial charge in [-0.05, 0) is 25.7 Å². The number of esters is 1. The molecule has 2 saturated heterocycles. The Balaban J connectivity index is 1.98. The molecule has 0 radical (unpaired) electrons. The minimum absolute atomic E-state index is 0.372. The molecule has 128 valence electrons. The van der Waals surface area contributed by atoms with Crippen LogP contribution < -0.4 is 0 Å². The van der Waals surface area contributed by atoms with Gasteiger partial charge in [0.15, 0.2) is 5.78 Å². The third-order valence-corrected chi connectivity index (χ3v) is 4.45. The average Bonchev–Trinajstić information content (AvgIpc) is 3.21. The summed E-state index contributed by atoms with van der Waals surface area (Å²) in [5.41, 5.74) is 0. The van der Waals surface area contributed by atoms with Gasteiger partial charge in [-0.3, -0.25) is 14.4 Å². The van der Waals surface area contributed by atoms with Crippen LogP contribution in [0.2, 0.25) is 0 Å². The molecule has 2 atom stereocenters. The van der Waals surface area contributed by atoms with Crippen molar-refractivity contribution in [1.29, 1.82) is 0 Å². The van der Waals surface area contributed by atoms with E-state index in [-0.39, 0.29) is 6.42 Å². The van der Waals surface area contributed by atoms with Gasteiger partial charge in [0.05, 0.1) is 13.2 Å². The Labute approximate surface area is 134 Å². The lowest BCUT2D eigenvalue weighted by Gasteiger charge is -2.26. The van der Waals surface area contributed by atoms with E-state index in [9.17, 15) is 19.2 Å². The number of amides is 2.